The summed E-state index contributed by atoms with van der Waals surface area (Å²) in [5.41, 5.74) is 1.00. The summed E-state index contributed by atoms with van der Waals surface area (Å²) < 4.78 is 7.16. The topological polar surface area (TPSA) is 84.7 Å². The fourth-order valence-corrected chi connectivity index (χ4v) is 3.70. The molecule has 0 unspecified atom stereocenters. The second kappa shape index (κ2) is 6.41. The second-order valence-electron chi connectivity index (χ2n) is 6.49. The smallest absolute Gasteiger partial charge is 0.348 e. The van der Waals surface area contributed by atoms with Gasteiger partial charge in [0.05, 0.1) is 18.8 Å². The molecule has 126 valence electrons. The standard InChI is InChI=1S/C16H23N3O4/c1-10-5-11(2)19(16(22)17-10)8-15(21)18-3-4-23-14-7-12(9-20)6-13(14)18/h5,12-14,20H,3-4,6-9H2,1-2H3/t12-,13+,14+/m1/s1. The number of carbonyl (C=O) groups excluding carboxylic acids is 1. The number of aliphatic hydroxyl groups is 1. The first kappa shape index (κ1) is 16.1. The van der Waals surface area contributed by atoms with E-state index in [0.717, 1.165) is 18.5 Å². The minimum atomic E-state index is -0.389. The van der Waals surface area contributed by atoms with Crippen LogP contribution in [-0.4, -0.2) is 57.4 Å². The van der Waals surface area contributed by atoms with E-state index in [1.807, 2.05) is 11.8 Å². The summed E-state index contributed by atoms with van der Waals surface area (Å²) in [6.45, 7) is 4.74. The Morgan fingerprint density at radius 2 is 2.22 bits per heavy atom. The predicted octanol–water partition coefficient (Wildman–Crippen LogP) is -0.142. The van der Waals surface area contributed by atoms with E-state index < -0.39 is 0 Å². The molecule has 0 spiro atoms. The van der Waals surface area contributed by atoms with Gasteiger partial charge in [0.25, 0.3) is 0 Å². The number of carbonyl (C=O) groups is 1. The van der Waals surface area contributed by atoms with Gasteiger partial charge in [-0.25, -0.2) is 4.79 Å². The molecule has 2 fully saturated rings. The summed E-state index contributed by atoms with van der Waals surface area (Å²) in [6, 6.07) is 1.80. The van der Waals surface area contributed by atoms with E-state index in [2.05, 4.69) is 4.98 Å². The Morgan fingerprint density at radius 1 is 1.43 bits per heavy atom. The molecule has 1 aromatic heterocycles. The van der Waals surface area contributed by atoms with E-state index >= 15 is 0 Å². The zero-order chi connectivity index (χ0) is 16.6. The highest BCUT2D eigenvalue weighted by atomic mass is 16.5. The summed E-state index contributed by atoms with van der Waals surface area (Å²) in [4.78, 5) is 30.5. The van der Waals surface area contributed by atoms with Crippen molar-refractivity contribution in [1.82, 2.24) is 14.5 Å². The predicted molar refractivity (Wildman–Crippen MR) is 83.0 cm³/mol. The van der Waals surface area contributed by atoms with Crippen LogP contribution in [-0.2, 0) is 16.1 Å². The van der Waals surface area contributed by atoms with Crippen LogP contribution in [0.1, 0.15) is 24.2 Å². The fourth-order valence-electron chi connectivity index (χ4n) is 3.70. The number of rotatable bonds is 3. The maximum Gasteiger partial charge on any atom is 0.348 e. The van der Waals surface area contributed by atoms with Crippen LogP contribution in [0.25, 0.3) is 0 Å². The summed E-state index contributed by atoms with van der Waals surface area (Å²) in [7, 11) is 0. The van der Waals surface area contributed by atoms with Crippen molar-refractivity contribution in [1.29, 1.82) is 0 Å². The number of nitrogens with zero attached hydrogens (tertiary/aromatic N) is 3. The Hall–Kier alpha value is -1.73. The summed E-state index contributed by atoms with van der Waals surface area (Å²) in [6.07, 6.45) is 1.54. The number of hydrogen-bond donors (Lipinski definition) is 1. The molecule has 1 amide bonds. The molecule has 0 aromatic carbocycles. The molecule has 1 saturated carbocycles. The lowest BCUT2D eigenvalue weighted by Crippen LogP contribution is -2.52. The van der Waals surface area contributed by atoms with Crippen LogP contribution in [0, 0.1) is 19.8 Å². The zero-order valence-corrected chi connectivity index (χ0v) is 13.6. The molecule has 1 aromatic rings. The second-order valence-corrected chi connectivity index (χ2v) is 6.49. The highest BCUT2D eigenvalue weighted by Gasteiger charge is 2.42. The number of hydrogen-bond acceptors (Lipinski definition) is 5. The number of aryl methyl sites for hydroxylation is 2. The van der Waals surface area contributed by atoms with Crippen molar-refractivity contribution in [2.45, 2.75) is 45.4 Å². The van der Waals surface area contributed by atoms with E-state index in [4.69, 9.17) is 4.74 Å². The third-order valence-corrected chi connectivity index (χ3v) is 4.85. The first-order chi connectivity index (χ1) is 11.0. The molecule has 23 heavy (non-hydrogen) atoms. The van der Waals surface area contributed by atoms with Gasteiger partial charge < -0.3 is 14.7 Å². The van der Waals surface area contributed by atoms with Gasteiger partial charge >= 0.3 is 5.69 Å². The van der Waals surface area contributed by atoms with Gasteiger partial charge in [-0.2, -0.15) is 4.98 Å². The Labute approximate surface area is 134 Å². The van der Waals surface area contributed by atoms with Crippen molar-refractivity contribution in [3.05, 3.63) is 27.9 Å². The van der Waals surface area contributed by atoms with Crippen molar-refractivity contribution in [2.75, 3.05) is 19.8 Å². The van der Waals surface area contributed by atoms with Crippen LogP contribution in [0.5, 0.6) is 0 Å². The lowest BCUT2D eigenvalue weighted by atomic mass is 10.1. The Morgan fingerprint density at radius 3 is 2.91 bits per heavy atom. The Kier molecular flexibility index (Phi) is 4.50. The molecule has 0 bridgehead atoms. The van der Waals surface area contributed by atoms with Crippen molar-refractivity contribution in [2.24, 2.45) is 5.92 Å². The zero-order valence-electron chi connectivity index (χ0n) is 13.6. The fraction of sp³-hybridized carbons (Fsp3) is 0.688. The molecule has 1 aliphatic heterocycles. The minimum absolute atomic E-state index is 0.00110. The molecule has 2 heterocycles. The summed E-state index contributed by atoms with van der Waals surface area (Å²) in [5.74, 6) is 0.0987. The molecule has 1 aliphatic carbocycles. The number of aliphatic hydroxyl groups excluding tert-OH is 1. The molecule has 0 radical (unpaired) electrons. The van der Waals surface area contributed by atoms with Crippen molar-refractivity contribution >= 4 is 5.91 Å². The quantitative estimate of drug-likeness (QED) is 0.837. The number of amides is 1. The molecule has 3 atom stereocenters. The van der Waals surface area contributed by atoms with E-state index in [1.165, 1.54) is 4.57 Å². The number of fused-ring (bicyclic) bond motifs is 1. The van der Waals surface area contributed by atoms with E-state index in [9.17, 15) is 14.7 Å². The number of morpholine rings is 1. The lowest BCUT2D eigenvalue weighted by molar-refractivity contribution is -0.144. The van der Waals surface area contributed by atoms with Gasteiger partial charge in [0.2, 0.25) is 5.91 Å². The van der Waals surface area contributed by atoms with Gasteiger partial charge in [0, 0.05) is 24.5 Å². The lowest BCUT2D eigenvalue weighted by Gasteiger charge is -2.37. The van der Waals surface area contributed by atoms with Gasteiger partial charge in [0.1, 0.15) is 6.54 Å². The van der Waals surface area contributed by atoms with E-state index in [-0.39, 0.29) is 42.8 Å². The van der Waals surface area contributed by atoms with Gasteiger partial charge in [-0.3, -0.25) is 9.36 Å². The van der Waals surface area contributed by atoms with Gasteiger partial charge in [-0.05, 0) is 38.7 Å². The summed E-state index contributed by atoms with van der Waals surface area (Å²) >= 11 is 0. The van der Waals surface area contributed by atoms with Crippen LogP contribution >= 0.6 is 0 Å². The third-order valence-electron chi connectivity index (χ3n) is 4.85. The molecule has 1 N–H and O–H groups in total. The van der Waals surface area contributed by atoms with Crippen LogP contribution in [0.15, 0.2) is 10.9 Å². The van der Waals surface area contributed by atoms with Gasteiger partial charge in [0.15, 0.2) is 0 Å². The first-order valence-corrected chi connectivity index (χ1v) is 8.06. The van der Waals surface area contributed by atoms with Crippen molar-refractivity contribution < 1.29 is 14.6 Å². The molecule has 2 aliphatic rings. The van der Waals surface area contributed by atoms with E-state index in [0.29, 0.717) is 18.8 Å². The SMILES string of the molecule is Cc1cc(C)n(CC(=O)N2CCO[C@H]3C[C@H](CO)C[C@@H]32)c(=O)n1. The first-order valence-electron chi connectivity index (χ1n) is 8.06. The minimum Gasteiger partial charge on any atom is -0.396 e. The molecule has 7 nitrogen and oxygen atoms in total. The largest absolute Gasteiger partial charge is 0.396 e. The molecular formula is C16H23N3O4. The maximum absolute atomic E-state index is 12.7. The summed E-state index contributed by atoms with van der Waals surface area (Å²) in [5, 5.41) is 9.36. The average Bonchev–Trinajstić information content (AvgIpc) is 2.93. The van der Waals surface area contributed by atoms with Gasteiger partial charge in [-0.1, -0.05) is 0 Å². The molecule has 3 rings (SSSR count). The van der Waals surface area contributed by atoms with Crippen LogP contribution in [0.4, 0.5) is 0 Å². The molecule has 7 heteroatoms. The number of ether oxygens (including phenoxy) is 1. The normalized spacial score (nSPS) is 27.1. The Bertz CT molecular complexity index is 657. The van der Waals surface area contributed by atoms with Crippen LogP contribution in [0.2, 0.25) is 0 Å². The average molecular weight is 321 g/mol. The molecular weight excluding hydrogens is 298 g/mol. The molecule has 1 saturated heterocycles. The van der Waals surface area contributed by atoms with Crippen LogP contribution < -0.4 is 5.69 Å². The monoisotopic (exact) mass is 321 g/mol. The number of aromatic nitrogens is 2. The van der Waals surface area contributed by atoms with E-state index in [1.54, 1.807) is 13.0 Å². The highest BCUT2D eigenvalue weighted by molar-refractivity contribution is 5.76. The highest BCUT2D eigenvalue weighted by Crippen LogP contribution is 2.34. The van der Waals surface area contributed by atoms with Gasteiger partial charge in [-0.15, -0.1) is 0 Å². The maximum atomic E-state index is 12.7. The third kappa shape index (κ3) is 3.16. The van der Waals surface area contributed by atoms with Crippen molar-refractivity contribution in [3.63, 3.8) is 0 Å². The van der Waals surface area contributed by atoms with Crippen LogP contribution in [0.3, 0.4) is 0 Å². The van der Waals surface area contributed by atoms with Crippen molar-refractivity contribution in [3.8, 4) is 0 Å². The Balaban J connectivity index is 1.77.